The molecule has 1 fully saturated rings. The van der Waals surface area contributed by atoms with E-state index < -0.39 is 0 Å². The standard InChI is InChI=1S/C15H16O2/c16-13-9-12-3-1-2-4-14(12)15(10-13)11-5-7-17-8-6-11/h1-4,9-11,16H,5-8H2. The average molecular weight is 228 g/mol. The fraction of sp³-hybridized carbons (Fsp3) is 0.333. The van der Waals surface area contributed by atoms with Crippen molar-refractivity contribution in [2.45, 2.75) is 18.8 Å². The zero-order chi connectivity index (χ0) is 11.7. The van der Waals surface area contributed by atoms with Crippen molar-refractivity contribution in [3.8, 4) is 5.75 Å². The van der Waals surface area contributed by atoms with Crippen molar-refractivity contribution in [3.05, 3.63) is 42.0 Å². The molecule has 1 heterocycles. The molecule has 3 rings (SSSR count). The van der Waals surface area contributed by atoms with Gasteiger partial charge in [0.1, 0.15) is 5.75 Å². The quantitative estimate of drug-likeness (QED) is 0.810. The van der Waals surface area contributed by atoms with E-state index in [1.54, 1.807) is 0 Å². The Labute approximate surface area is 101 Å². The number of hydrogen-bond donors (Lipinski definition) is 1. The molecule has 88 valence electrons. The van der Waals surface area contributed by atoms with Crippen LogP contribution in [0.25, 0.3) is 10.8 Å². The monoisotopic (exact) mass is 228 g/mol. The highest BCUT2D eigenvalue weighted by molar-refractivity contribution is 5.87. The van der Waals surface area contributed by atoms with E-state index in [-0.39, 0.29) is 0 Å². The van der Waals surface area contributed by atoms with Crippen LogP contribution in [0.2, 0.25) is 0 Å². The van der Waals surface area contributed by atoms with Gasteiger partial charge in [0.25, 0.3) is 0 Å². The van der Waals surface area contributed by atoms with Gasteiger partial charge in [0, 0.05) is 13.2 Å². The van der Waals surface area contributed by atoms with E-state index >= 15 is 0 Å². The summed E-state index contributed by atoms with van der Waals surface area (Å²) in [7, 11) is 0. The summed E-state index contributed by atoms with van der Waals surface area (Å²) in [6.07, 6.45) is 2.10. The summed E-state index contributed by atoms with van der Waals surface area (Å²) in [5.41, 5.74) is 1.27. The molecule has 1 aliphatic heterocycles. The maximum atomic E-state index is 9.81. The Hall–Kier alpha value is -1.54. The first kappa shape index (κ1) is 10.6. The van der Waals surface area contributed by atoms with Crippen LogP contribution in [0.15, 0.2) is 36.4 Å². The van der Waals surface area contributed by atoms with E-state index in [2.05, 4.69) is 18.2 Å². The van der Waals surface area contributed by atoms with Crippen LogP contribution in [0, 0.1) is 0 Å². The molecule has 1 saturated heterocycles. The van der Waals surface area contributed by atoms with Gasteiger partial charge in [-0.05, 0) is 47.2 Å². The molecule has 1 N–H and O–H groups in total. The van der Waals surface area contributed by atoms with E-state index in [4.69, 9.17) is 4.74 Å². The van der Waals surface area contributed by atoms with E-state index in [9.17, 15) is 5.11 Å². The lowest BCUT2D eigenvalue weighted by atomic mass is 9.88. The third-order valence-corrected chi connectivity index (χ3v) is 3.54. The van der Waals surface area contributed by atoms with E-state index in [1.165, 1.54) is 10.9 Å². The first-order chi connectivity index (χ1) is 8.34. The van der Waals surface area contributed by atoms with Crippen LogP contribution in [0.3, 0.4) is 0 Å². The number of benzene rings is 2. The van der Waals surface area contributed by atoms with E-state index in [0.717, 1.165) is 31.4 Å². The van der Waals surface area contributed by atoms with Gasteiger partial charge >= 0.3 is 0 Å². The molecule has 0 unspecified atom stereocenters. The molecule has 0 radical (unpaired) electrons. The number of ether oxygens (including phenoxy) is 1. The van der Waals surface area contributed by atoms with Gasteiger partial charge in [-0.2, -0.15) is 0 Å². The highest BCUT2D eigenvalue weighted by atomic mass is 16.5. The molecule has 0 aliphatic carbocycles. The van der Waals surface area contributed by atoms with Crippen molar-refractivity contribution in [1.29, 1.82) is 0 Å². The normalized spacial score (nSPS) is 17.4. The number of phenols is 1. The minimum Gasteiger partial charge on any atom is -0.508 e. The van der Waals surface area contributed by atoms with Crippen LogP contribution in [0.1, 0.15) is 24.3 Å². The van der Waals surface area contributed by atoms with Crippen molar-refractivity contribution < 1.29 is 9.84 Å². The van der Waals surface area contributed by atoms with Gasteiger partial charge in [-0.15, -0.1) is 0 Å². The van der Waals surface area contributed by atoms with Gasteiger partial charge < -0.3 is 9.84 Å². The zero-order valence-electron chi connectivity index (χ0n) is 9.73. The smallest absolute Gasteiger partial charge is 0.116 e. The minimum absolute atomic E-state index is 0.366. The zero-order valence-corrected chi connectivity index (χ0v) is 9.73. The average Bonchev–Trinajstić information content (AvgIpc) is 2.39. The molecule has 2 heteroatoms. The van der Waals surface area contributed by atoms with E-state index in [1.807, 2.05) is 18.2 Å². The second-order valence-corrected chi connectivity index (χ2v) is 4.64. The van der Waals surface area contributed by atoms with Gasteiger partial charge in [-0.3, -0.25) is 0 Å². The molecule has 2 aromatic carbocycles. The lowest BCUT2D eigenvalue weighted by molar-refractivity contribution is 0.0855. The SMILES string of the molecule is Oc1cc(C2CCOCC2)c2ccccc2c1. The van der Waals surface area contributed by atoms with Crippen LogP contribution < -0.4 is 0 Å². The molecule has 17 heavy (non-hydrogen) atoms. The van der Waals surface area contributed by atoms with E-state index in [0.29, 0.717) is 11.7 Å². The van der Waals surface area contributed by atoms with Crippen molar-refractivity contribution in [2.24, 2.45) is 0 Å². The fourth-order valence-corrected chi connectivity index (χ4v) is 2.67. The number of phenolic OH excluding ortho intramolecular Hbond substituents is 1. The summed E-state index contributed by atoms with van der Waals surface area (Å²) in [6, 6.07) is 12.0. The maximum Gasteiger partial charge on any atom is 0.116 e. The van der Waals surface area contributed by atoms with Gasteiger partial charge in [-0.25, -0.2) is 0 Å². The predicted octanol–water partition coefficient (Wildman–Crippen LogP) is 3.44. The third-order valence-electron chi connectivity index (χ3n) is 3.54. The molecule has 0 saturated carbocycles. The second kappa shape index (κ2) is 4.38. The maximum absolute atomic E-state index is 9.81. The van der Waals surface area contributed by atoms with Crippen molar-refractivity contribution in [2.75, 3.05) is 13.2 Å². The molecule has 0 spiro atoms. The van der Waals surface area contributed by atoms with Crippen LogP contribution in [-0.2, 0) is 4.74 Å². The first-order valence-corrected chi connectivity index (χ1v) is 6.14. The fourth-order valence-electron chi connectivity index (χ4n) is 2.67. The Bertz CT molecular complexity index is 527. The Kier molecular flexibility index (Phi) is 2.73. The lowest BCUT2D eigenvalue weighted by Crippen LogP contribution is -2.14. The lowest BCUT2D eigenvalue weighted by Gasteiger charge is -2.23. The summed E-state index contributed by atoms with van der Waals surface area (Å²) in [5.74, 6) is 0.881. The molecule has 0 atom stereocenters. The summed E-state index contributed by atoms with van der Waals surface area (Å²) >= 11 is 0. The van der Waals surface area contributed by atoms with Gasteiger partial charge in [0.2, 0.25) is 0 Å². The van der Waals surface area contributed by atoms with Gasteiger partial charge in [-0.1, -0.05) is 24.3 Å². The molecule has 0 aromatic heterocycles. The van der Waals surface area contributed by atoms with Gasteiger partial charge in [0.05, 0.1) is 0 Å². The Balaban J connectivity index is 2.13. The Morgan fingerprint density at radius 1 is 1.06 bits per heavy atom. The molecular weight excluding hydrogens is 212 g/mol. The van der Waals surface area contributed by atoms with Crippen molar-refractivity contribution in [1.82, 2.24) is 0 Å². The third kappa shape index (κ3) is 2.01. The molecule has 0 amide bonds. The summed E-state index contributed by atoms with van der Waals surface area (Å²) in [5, 5.41) is 12.2. The number of fused-ring (bicyclic) bond motifs is 1. The highest BCUT2D eigenvalue weighted by Gasteiger charge is 2.18. The number of rotatable bonds is 1. The molecular formula is C15H16O2. The van der Waals surface area contributed by atoms with Crippen LogP contribution >= 0.6 is 0 Å². The number of aromatic hydroxyl groups is 1. The largest absolute Gasteiger partial charge is 0.508 e. The van der Waals surface area contributed by atoms with Gasteiger partial charge in [0.15, 0.2) is 0 Å². The Morgan fingerprint density at radius 3 is 2.65 bits per heavy atom. The second-order valence-electron chi connectivity index (χ2n) is 4.64. The summed E-state index contributed by atoms with van der Waals surface area (Å²) in [6.45, 7) is 1.66. The predicted molar refractivity (Wildman–Crippen MR) is 68.4 cm³/mol. The molecule has 2 aromatic rings. The van der Waals surface area contributed by atoms with Crippen LogP contribution in [-0.4, -0.2) is 18.3 Å². The molecule has 0 bridgehead atoms. The summed E-state index contributed by atoms with van der Waals surface area (Å²) in [4.78, 5) is 0. The number of hydrogen-bond acceptors (Lipinski definition) is 2. The summed E-state index contributed by atoms with van der Waals surface area (Å²) < 4.78 is 5.40. The first-order valence-electron chi connectivity index (χ1n) is 6.14. The molecule has 1 aliphatic rings. The Morgan fingerprint density at radius 2 is 1.82 bits per heavy atom. The van der Waals surface area contributed by atoms with Crippen LogP contribution in [0.5, 0.6) is 5.75 Å². The van der Waals surface area contributed by atoms with Crippen molar-refractivity contribution in [3.63, 3.8) is 0 Å². The van der Waals surface area contributed by atoms with Crippen molar-refractivity contribution >= 4 is 10.8 Å². The minimum atomic E-state index is 0.366. The topological polar surface area (TPSA) is 29.5 Å². The van der Waals surface area contributed by atoms with Crippen LogP contribution in [0.4, 0.5) is 0 Å². The highest BCUT2D eigenvalue weighted by Crippen LogP contribution is 2.34. The molecule has 2 nitrogen and oxygen atoms in total.